The van der Waals surface area contributed by atoms with Crippen LogP contribution < -0.4 is 0 Å². The molecule has 0 amide bonds. The molecule has 0 radical (unpaired) electrons. The number of fused-ring (bicyclic) bond motifs is 1. The number of carbonyl (C=O) groups is 1. The van der Waals surface area contributed by atoms with Gasteiger partial charge in [-0.25, -0.2) is 0 Å². The van der Waals surface area contributed by atoms with E-state index in [-0.39, 0.29) is 0 Å². The van der Waals surface area contributed by atoms with Crippen LogP contribution in [0.2, 0.25) is 0 Å². The summed E-state index contributed by atoms with van der Waals surface area (Å²) in [6, 6.07) is 8.24. The fourth-order valence-electron chi connectivity index (χ4n) is 1.91. The van der Waals surface area contributed by atoms with Gasteiger partial charge in [0.15, 0.2) is 0 Å². The van der Waals surface area contributed by atoms with E-state index in [1.165, 1.54) is 11.1 Å². The summed E-state index contributed by atoms with van der Waals surface area (Å²) in [7, 11) is 0. The minimum Gasteiger partial charge on any atom is -0.299 e. The van der Waals surface area contributed by atoms with Gasteiger partial charge >= 0.3 is 0 Å². The van der Waals surface area contributed by atoms with E-state index in [1.807, 2.05) is 12.1 Å². The lowest BCUT2D eigenvalue weighted by molar-refractivity contribution is -0.119. The zero-order valence-electron chi connectivity index (χ0n) is 7.21. The molecule has 0 saturated heterocycles. The van der Waals surface area contributed by atoms with Crippen molar-refractivity contribution in [1.82, 2.24) is 0 Å². The Morgan fingerprint density at radius 3 is 2.92 bits per heavy atom. The molecule has 1 aromatic carbocycles. The lowest BCUT2D eigenvalue weighted by atomic mass is 9.83. The third kappa shape index (κ3) is 1.15. The molecule has 0 fully saturated rings. The molecule has 1 aliphatic rings. The van der Waals surface area contributed by atoms with Crippen molar-refractivity contribution in [2.24, 2.45) is 0 Å². The first kappa shape index (κ1) is 7.53. The lowest BCUT2D eigenvalue weighted by Crippen LogP contribution is -2.16. The van der Waals surface area contributed by atoms with Crippen molar-refractivity contribution < 1.29 is 4.79 Å². The average Bonchev–Trinajstić information content (AvgIpc) is 2.04. The molecular formula is C11H12O. The number of hydrogen-bond donors (Lipinski definition) is 0. The molecule has 0 aromatic heterocycles. The van der Waals surface area contributed by atoms with Gasteiger partial charge in [0.25, 0.3) is 0 Å². The quantitative estimate of drug-likeness (QED) is 0.569. The monoisotopic (exact) mass is 160 g/mol. The summed E-state index contributed by atoms with van der Waals surface area (Å²) in [6.45, 7) is 2.12. The van der Waals surface area contributed by atoms with Crippen molar-refractivity contribution in [3.05, 3.63) is 35.4 Å². The highest BCUT2D eigenvalue weighted by molar-refractivity contribution is 5.84. The first-order valence-corrected chi connectivity index (χ1v) is 4.37. The number of benzene rings is 1. The topological polar surface area (TPSA) is 17.1 Å². The van der Waals surface area contributed by atoms with Crippen LogP contribution in [-0.2, 0) is 11.2 Å². The largest absolute Gasteiger partial charge is 0.299 e. The van der Waals surface area contributed by atoms with Crippen LogP contribution in [0.1, 0.15) is 30.4 Å². The van der Waals surface area contributed by atoms with Crippen molar-refractivity contribution in [3.8, 4) is 0 Å². The van der Waals surface area contributed by atoms with E-state index >= 15 is 0 Å². The van der Waals surface area contributed by atoms with E-state index in [9.17, 15) is 4.79 Å². The lowest BCUT2D eigenvalue weighted by Gasteiger charge is -2.20. The molecule has 1 aliphatic carbocycles. The van der Waals surface area contributed by atoms with E-state index in [0.29, 0.717) is 18.1 Å². The number of ketones is 1. The van der Waals surface area contributed by atoms with Crippen LogP contribution in [0.5, 0.6) is 0 Å². The van der Waals surface area contributed by atoms with Crippen LogP contribution >= 0.6 is 0 Å². The van der Waals surface area contributed by atoms with Gasteiger partial charge in [-0.15, -0.1) is 0 Å². The molecule has 2 rings (SSSR count). The highest BCUT2D eigenvalue weighted by Crippen LogP contribution is 2.28. The normalized spacial score (nSPS) is 22.1. The molecule has 0 N–H and O–H groups in total. The summed E-state index contributed by atoms with van der Waals surface area (Å²) in [5.41, 5.74) is 2.58. The van der Waals surface area contributed by atoms with Crippen LogP contribution in [-0.4, -0.2) is 5.78 Å². The maximum atomic E-state index is 11.2. The van der Waals surface area contributed by atoms with Crippen LogP contribution in [0, 0.1) is 0 Å². The van der Waals surface area contributed by atoms with Crippen LogP contribution in [0.3, 0.4) is 0 Å². The molecular weight excluding hydrogens is 148 g/mol. The second-order valence-corrected chi connectivity index (χ2v) is 3.52. The summed E-state index contributed by atoms with van der Waals surface area (Å²) in [6.07, 6.45) is 1.36. The van der Waals surface area contributed by atoms with Gasteiger partial charge in [0.05, 0.1) is 0 Å². The van der Waals surface area contributed by atoms with E-state index in [2.05, 4.69) is 19.1 Å². The van der Waals surface area contributed by atoms with Gasteiger partial charge in [-0.05, 0) is 17.0 Å². The first-order chi connectivity index (χ1) is 5.77. The van der Waals surface area contributed by atoms with Gasteiger partial charge in [-0.3, -0.25) is 4.79 Å². The van der Waals surface area contributed by atoms with E-state index in [0.717, 1.165) is 6.42 Å². The molecule has 0 saturated carbocycles. The number of carbonyl (C=O) groups excluding carboxylic acids is 1. The molecule has 12 heavy (non-hydrogen) atoms. The predicted molar refractivity (Wildman–Crippen MR) is 48.2 cm³/mol. The second kappa shape index (κ2) is 2.74. The van der Waals surface area contributed by atoms with Gasteiger partial charge in [0, 0.05) is 12.8 Å². The molecule has 1 heteroatoms. The molecule has 0 spiro atoms. The Morgan fingerprint density at radius 1 is 1.33 bits per heavy atom. The van der Waals surface area contributed by atoms with Gasteiger partial charge in [0.2, 0.25) is 0 Å². The smallest absolute Gasteiger partial charge is 0.137 e. The summed E-state index contributed by atoms with van der Waals surface area (Å²) in [5.74, 6) is 0.795. The standard InChI is InChI=1S/C11H12O/c1-8-6-10(12)7-9-4-2-3-5-11(8)9/h2-5,8H,6-7H2,1H3. The average molecular weight is 160 g/mol. The summed E-state index contributed by atoms with van der Waals surface area (Å²) in [5, 5.41) is 0. The van der Waals surface area contributed by atoms with Crippen molar-refractivity contribution >= 4 is 5.78 Å². The summed E-state index contributed by atoms with van der Waals surface area (Å²) in [4.78, 5) is 11.2. The minimum atomic E-state index is 0.376. The fourth-order valence-corrected chi connectivity index (χ4v) is 1.91. The Labute approximate surface area is 72.4 Å². The fraction of sp³-hybridized carbons (Fsp3) is 0.364. The molecule has 1 aromatic rings. The third-order valence-corrected chi connectivity index (χ3v) is 2.51. The minimum absolute atomic E-state index is 0.376. The SMILES string of the molecule is CC1CC(=O)Cc2ccccc21. The Hall–Kier alpha value is -1.11. The zero-order chi connectivity index (χ0) is 8.55. The third-order valence-electron chi connectivity index (χ3n) is 2.51. The zero-order valence-corrected chi connectivity index (χ0v) is 7.21. The first-order valence-electron chi connectivity index (χ1n) is 4.37. The van der Waals surface area contributed by atoms with Crippen LogP contribution in [0.4, 0.5) is 0 Å². The van der Waals surface area contributed by atoms with Crippen molar-refractivity contribution in [3.63, 3.8) is 0 Å². The second-order valence-electron chi connectivity index (χ2n) is 3.52. The van der Waals surface area contributed by atoms with Crippen molar-refractivity contribution in [1.29, 1.82) is 0 Å². The molecule has 1 atom stereocenters. The number of Topliss-reactive ketones (excluding diaryl/α,β-unsaturated/α-hetero) is 1. The molecule has 0 heterocycles. The number of rotatable bonds is 0. The highest BCUT2D eigenvalue weighted by atomic mass is 16.1. The Morgan fingerprint density at radius 2 is 2.08 bits per heavy atom. The van der Waals surface area contributed by atoms with Gasteiger partial charge in [-0.2, -0.15) is 0 Å². The van der Waals surface area contributed by atoms with Crippen molar-refractivity contribution in [2.45, 2.75) is 25.7 Å². The van der Waals surface area contributed by atoms with E-state index in [1.54, 1.807) is 0 Å². The Bertz CT molecular complexity index is 315. The predicted octanol–water partition coefficient (Wildman–Crippen LogP) is 2.31. The molecule has 0 aliphatic heterocycles. The molecule has 62 valence electrons. The van der Waals surface area contributed by atoms with Gasteiger partial charge in [0.1, 0.15) is 5.78 Å². The maximum Gasteiger partial charge on any atom is 0.137 e. The Balaban J connectivity index is 2.47. The van der Waals surface area contributed by atoms with Gasteiger partial charge < -0.3 is 0 Å². The van der Waals surface area contributed by atoms with E-state index in [4.69, 9.17) is 0 Å². The molecule has 1 unspecified atom stereocenters. The number of hydrogen-bond acceptors (Lipinski definition) is 1. The van der Waals surface area contributed by atoms with E-state index < -0.39 is 0 Å². The van der Waals surface area contributed by atoms with Crippen LogP contribution in [0.25, 0.3) is 0 Å². The molecule has 0 bridgehead atoms. The highest BCUT2D eigenvalue weighted by Gasteiger charge is 2.20. The van der Waals surface area contributed by atoms with Crippen molar-refractivity contribution in [2.75, 3.05) is 0 Å². The summed E-state index contributed by atoms with van der Waals surface area (Å²) < 4.78 is 0. The maximum absolute atomic E-state index is 11.2. The van der Waals surface area contributed by atoms with Crippen LogP contribution in [0.15, 0.2) is 24.3 Å². The molecule has 1 nitrogen and oxygen atoms in total. The Kier molecular flexibility index (Phi) is 1.72. The van der Waals surface area contributed by atoms with Gasteiger partial charge in [-0.1, -0.05) is 31.2 Å². The summed E-state index contributed by atoms with van der Waals surface area (Å²) >= 11 is 0.